The molecule has 1 aromatic rings. The van der Waals surface area contributed by atoms with Crippen LogP contribution in [0.3, 0.4) is 0 Å². The molecule has 1 rings (SSSR count). The normalized spacial score (nSPS) is 9.77. The van der Waals surface area contributed by atoms with E-state index in [1.807, 2.05) is 26.0 Å². The molecule has 70 valence electrons. The van der Waals surface area contributed by atoms with Crippen molar-refractivity contribution in [1.29, 1.82) is 0 Å². The Morgan fingerprint density at radius 3 is 2.23 bits per heavy atom. The number of rotatable bonds is 3. The van der Waals surface area contributed by atoms with Crippen LogP contribution < -0.4 is 4.74 Å². The van der Waals surface area contributed by atoms with E-state index in [0.29, 0.717) is 0 Å². The molecule has 0 amide bonds. The van der Waals surface area contributed by atoms with Crippen LogP contribution in [0.2, 0.25) is 0 Å². The van der Waals surface area contributed by atoms with Crippen molar-refractivity contribution >= 4 is 0 Å². The molecule has 0 aromatic heterocycles. The van der Waals surface area contributed by atoms with Gasteiger partial charge in [0.15, 0.2) is 0 Å². The van der Waals surface area contributed by atoms with Crippen molar-refractivity contribution < 1.29 is 4.74 Å². The van der Waals surface area contributed by atoms with E-state index in [-0.39, 0.29) is 6.54 Å². The minimum absolute atomic E-state index is 0.228. The first-order valence-electron chi connectivity index (χ1n) is 4.12. The fraction of sp³-hybridized carbons (Fsp3) is 0.400. The minimum Gasteiger partial charge on any atom is -0.496 e. The summed E-state index contributed by atoms with van der Waals surface area (Å²) in [7, 11) is 1.65. The zero-order valence-corrected chi connectivity index (χ0v) is 8.13. The van der Waals surface area contributed by atoms with Crippen LogP contribution in [0.5, 0.6) is 5.75 Å². The summed E-state index contributed by atoms with van der Waals surface area (Å²) in [6, 6.07) is 3.85. The first kappa shape index (κ1) is 9.71. The molecule has 0 atom stereocenters. The predicted molar refractivity (Wildman–Crippen MR) is 52.0 cm³/mol. The number of aryl methyl sites for hydroxylation is 2. The van der Waals surface area contributed by atoms with Gasteiger partial charge in [-0.2, -0.15) is 4.91 Å². The maximum atomic E-state index is 10.1. The van der Waals surface area contributed by atoms with E-state index in [2.05, 4.69) is 5.18 Å². The maximum Gasteiger partial charge on any atom is 0.124 e. The minimum atomic E-state index is 0.228. The highest BCUT2D eigenvalue weighted by atomic mass is 16.5. The van der Waals surface area contributed by atoms with Gasteiger partial charge in [0.05, 0.1) is 7.11 Å². The van der Waals surface area contributed by atoms with Crippen LogP contribution in [0.4, 0.5) is 0 Å². The lowest BCUT2D eigenvalue weighted by atomic mass is 10.1. The zero-order chi connectivity index (χ0) is 9.84. The van der Waals surface area contributed by atoms with Gasteiger partial charge in [-0.3, -0.25) is 0 Å². The Morgan fingerprint density at radius 1 is 1.31 bits per heavy atom. The van der Waals surface area contributed by atoms with Crippen LogP contribution in [0.25, 0.3) is 0 Å². The van der Waals surface area contributed by atoms with Crippen molar-refractivity contribution in [3.8, 4) is 5.75 Å². The van der Waals surface area contributed by atoms with E-state index in [0.717, 1.165) is 22.4 Å². The third-order valence-electron chi connectivity index (χ3n) is 1.97. The highest BCUT2D eigenvalue weighted by Crippen LogP contribution is 2.24. The summed E-state index contributed by atoms with van der Waals surface area (Å²) < 4.78 is 5.20. The third kappa shape index (κ3) is 2.05. The molecule has 3 nitrogen and oxygen atoms in total. The summed E-state index contributed by atoms with van der Waals surface area (Å²) >= 11 is 0. The van der Waals surface area contributed by atoms with E-state index >= 15 is 0 Å². The number of hydrogen-bond donors (Lipinski definition) is 0. The van der Waals surface area contributed by atoms with E-state index in [1.54, 1.807) is 7.11 Å². The van der Waals surface area contributed by atoms with Gasteiger partial charge in [-0.05, 0) is 30.5 Å². The van der Waals surface area contributed by atoms with E-state index < -0.39 is 0 Å². The molecule has 0 spiro atoms. The number of nitroso groups, excluding NO2 is 1. The summed E-state index contributed by atoms with van der Waals surface area (Å²) in [5.41, 5.74) is 3.02. The summed E-state index contributed by atoms with van der Waals surface area (Å²) in [5.74, 6) is 0.884. The Labute approximate surface area is 77.7 Å². The first-order valence-corrected chi connectivity index (χ1v) is 4.12. The van der Waals surface area contributed by atoms with Crippen molar-refractivity contribution in [2.75, 3.05) is 7.11 Å². The Balaban J connectivity index is 3.12. The molecular weight excluding hydrogens is 166 g/mol. The molecule has 0 fully saturated rings. The SMILES string of the molecule is COc1c(C)cc(CN=O)cc1C. The van der Waals surface area contributed by atoms with Crippen LogP contribution in [-0.4, -0.2) is 7.11 Å². The predicted octanol–water partition coefficient (Wildman–Crippen LogP) is 2.58. The lowest BCUT2D eigenvalue weighted by Crippen LogP contribution is -1.93. The Morgan fingerprint density at radius 2 is 1.85 bits per heavy atom. The molecule has 0 N–H and O–H groups in total. The molecule has 0 unspecified atom stereocenters. The molecule has 1 aromatic carbocycles. The second-order valence-corrected chi connectivity index (χ2v) is 3.05. The highest BCUT2D eigenvalue weighted by Gasteiger charge is 2.04. The molecular formula is C10H13NO2. The van der Waals surface area contributed by atoms with E-state index in [1.165, 1.54) is 0 Å². The molecule has 0 aliphatic rings. The number of methoxy groups -OCH3 is 1. The molecule has 0 saturated heterocycles. The van der Waals surface area contributed by atoms with Gasteiger partial charge < -0.3 is 4.74 Å². The van der Waals surface area contributed by atoms with Crippen molar-refractivity contribution in [2.45, 2.75) is 20.4 Å². The Bertz CT molecular complexity index is 298. The van der Waals surface area contributed by atoms with Gasteiger partial charge >= 0.3 is 0 Å². The molecule has 0 heterocycles. The van der Waals surface area contributed by atoms with Crippen LogP contribution in [0.1, 0.15) is 16.7 Å². The van der Waals surface area contributed by atoms with Gasteiger partial charge in [0.2, 0.25) is 0 Å². The second-order valence-electron chi connectivity index (χ2n) is 3.05. The average Bonchev–Trinajstić information content (AvgIpc) is 2.04. The van der Waals surface area contributed by atoms with Crippen molar-refractivity contribution in [3.05, 3.63) is 33.7 Å². The van der Waals surface area contributed by atoms with Gasteiger partial charge in [-0.25, -0.2) is 0 Å². The summed E-state index contributed by atoms with van der Waals surface area (Å²) in [5, 5.41) is 2.85. The van der Waals surface area contributed by atoms with Crippen molar-refractivity contribution in [1.82, 2.24) is 0 Å². The van der Waals surface area contributed by atoms with E-state index in [4.69, 9.17) is 4.74 Å². The summed E-state index contributed by atoms with van der Waals surface area (Å²) in [6.45, 7) is 4.14. The molecule has 0 saturated carbocycles. The number of ether oxygens (including phenoxy) is 1. The molecule has 0 bridgehead atoms. The summed E-state index contributed by atoms with van der Waals surface area (Å²) in [4.78, 5) is 10.1. The zero-order valence-electron chi connectivity index (χ0n) is 8.13. The van der Waals surface area contributed by atoms with Gasteiger partial charge in [0, 0.05) is 0 Å². The maximum absolute atomic E-state index is 10.1. The fourth-order valence-corrected chi connectivity index (χ4v) is 1.53. The fourth-order valence-electron chi connectivity index (χ4n) is 1.53. The smallest absolute Gasteiger partial charge is 0.124 e. The second kappa shape index (κ2) is 4.03. The highest BCUT2D eigenvalue weighted by molar-refractivity contribution is 5.43. The average molecular weight is 179 g/mol. The molecule has 0 radical (unpaired) electrons. The Hall–Kier alpha value is -1.38. The molecule has 13 heavy (non-hydrogen) atoms. The monoisotopic (exact) mass is 179 g/mol. The lowest BCUT2D eigenvalue weighted by Gasteiger charge is -2.09. The quantitative estimate of drug-likeness (QED) is 0.669. The van der Waals surface area contributed by atoms with Crippen LogP contribution in [0, 0.1) is 18.8 Å². The van der Waals surface area contributed by atoms with E-state index in [9.17, 15) is 4.91 Å². The number of benzene rings is 1. The van der Waals surface area contributed by atoms with Gasteiger partial charge in [0.25, 0.3) is 0 Å². The van der Waals surface area contributed by atoms with Gasteiger partial charge in [0.1, 0.15) is 12.3 Å². The van der Waals surface area contributed by atoms with Crippen LogP contribution in [0.15, 0.2) is 17.3 Å². The molecule has 0 aliphatic carbocycles. The van der Waals surface area contributed by atoms with Crippen LogP contribution in [-0.2, 0) is 6.54 Å². The van der Waals surface area contributed by atoms with Gasteiger partial charge in [-0.1, -0.05) is 17.3 Å². The number of nitrogens with zero attached hydrogens (tertiary/aromatic N) is 1. The largest absolute Gasteiger partial charge is 0.496 e. The van der Waals surface area contributed by atoms with Crippen molar-refractivity contribution in [2.24, 2.45) is 5.18 Å². The standard InChI is InChI=1S/C10H13NO2/c1-7-4-9(6-11-12)5-8(2)10(7)13-3/h4-5H,6H2,1-3H3. The topological polar surface area (TPSA) is 38.7 Å². The number of hydrogen-bond acceptors (Lipinski definition) is 3. The summed E-state index contributed by atoms with van der Waals surface area (Å²) in [6.07, 6.45) is 0. The lowest BCUT2D eigenvalue weighted by molar-refractivity contribution is 0.408. The van der Waals surface area contributed by atoms with Crippen LogP contribution >= 0.6 is 0 Å². The van der Waals surface area contributed by atoms with Gasteiger partial charge in [-0.15, -0.1) is 0 Å². The molecule has 0 aliphatic heterocycles. The third-order valence-corrected chi connectivity index (χ3v) is 1.97. The molecule has 3 heteroatoms. The Kier molecular flexibility index (Phi) is 3.01. The van der Waals surface area contributed by atoms with Crippen molar-refractivity contribution in [3.63, 3.8) is 0 Å². The first-order chi connectivity index (χ1) is 6.19.